The number of nitrogens with one attached hydrogen (secondary N) is 1. The van der Waals surface area contributed by atoms with E-state index in [9.17, 15) is 13.2 Å². The second kappa shape index (κ2) is 13.6. The van der Waals surface area contributed by atoms with Crippen LogP contribution >= 0.6 is 11.3 Å². The maximum absolute atomic E-state index is 15.5. The molecule has 0 aliphatic carbocycles. The Morgan fingerprint density at radius 3 is 2.61 bits per heavy atom. The van der Waals surface area contributed by atoms with Gasteiger partial charge in [0.15, 0.2) is 5.82 Å². The molecule has 49 heavy (non-hydrogen) atoms. The maximum Gasteiger partial charge on any atom is 0.410 e. The number of carbonyl (C=O) groups is 1. The highest BCUT2D eigenvalue weighted by atomic mass is 32.2. The number of carbonyl (C=O) groups excluding carboxylic acids is 1. The molecular formula is C34H36FN7O5S2. The molecule has 3 aromatic heterocycles. The van der Waals surface area contributed by atoms with Crippen LogP contribution < -0.4 is 14.4 Å². The first-order chi connectivity index (χ1) is 23.3. The van der Waals surface area contributed by atoms with Crippen LogP contribution in [0.25, 0.3) is 22.0 Å². The predicted molar refractivity (Wildman–Crippen MR) is 188 cm³/mol. The molecule has 0 saturated carbocycles. The zero-order valence-electron chi connectivity index (χ0n) is 27.7. The van der Waals surface area contributed by atoms with Gasteiger partial charge in [0.2, 0.25) is 21.9 Å². The Bertz CT molecular complexity index is 2110. The fourth-order valence-corrected chi connectivity index (χ4v) is 7.20. The third-order valence-electron chi connectivity index (χ3n) is 7.74. The van der Waals surface area contributed by atoms with Crippen molar-refractivity contribution in [2.75, 3.05) is 29.0 Å². The minimum atomic E-state index is -3.97. The number of aryl methyl sites for hydroxylation is 1. The summed E-state index contributed by atoms with van der Waals surface area (Å²) >= 11 is 1.20. The Morgan fingerprint density at radius 2 is 1.88 bits per heavy atom. The number of piperidine rings is 1. The van der Waals surface area contributed by atoms with Crippen molar-refractivity contribution in [2.45, 2.75) is 52.2 Å². The molecule has 1 aliphatic rings. The van der Waals surface area contributed by atoms with Crippen LogP contribution in [0.4, 0.5) is 26.6 Å². The van der Waals surface area contributed by atoms with Crippen LogP contribution in [-0.2, 0) is 14.8 Å². The number of amides is 1. The largest absolute Gasteiger partial charge is 0.444 e. The highest BCUT2D eigenvalue weighted by Crippen LogP contribution is 2.43. The molecule has 1 atom stereocenters. The highest BCUT2D eigenvalue weighted by Gasteiger charge is 2.29. The quantitative estimate of drug-likeness (QED) is 0.175. The number of likely N-dealkylation sites (tertiary alicyclic amines) is 1. The number of thiazole rings is 1. The van der Waals surface area contributed by atoms with Gasteiger partial charge in [-0.3, -0.25) is 0 Å². The van der Waals surface area contributed by atoms with Crippen molar-refractivity contribution in [1.29, 1.82) is 0 Å². The lowest BCUT2D eigenvalue weighted by Crippen LogP contribution is -2.47. The zero-order chi connectivity index (χ0) is 34.9. The summed E-state index contributed by atoms with van der Waals surface area (Å²) in [6.07, 6.45) is 5.51. The SMILES string of the molecule is Cc1ccc2c(N(c3cscn3)S(C)(=O)=O)c(F)ccc2c1Oc1ncccc1-c1ccnc(NC2CCCN(C(=O)OC(C)(C)C)C2)n1. The third kappa shape index (κ3) is 7.57. The first-order valence-electron chi connectivity index (χ1n) is 15.6. The van der Waals surface area contributed by atoms with Gasteiger partial charge in [0.1, 0.15) is 22.9 Å². The average molecular weight is 706 g/mol. The smallest absolute Gasteiger partial charge is 0.410 e. The second-order valence-corrected chi connectivity index (χ2v) is 15.3. The van der Waals surface area contributed by atoms with Crippen molar-refractivity contribution < 1.29 is 27.1 Å². The number of hydrogen-bond donors (Lipinski definition) is 1. The lowest BCUT2D eigenvalue weighted by molar-refractivity contribution is 0.0206. The third-order valence-corrected chi connectivity index (χ3v) is 9.35. The molecule has 1 aliphatic heterocycles. The summed E-state index contributed by atoms with van der Waals surface area (Å²) in [5, 5.41) is 5.70. The Kier molecular flexibility index (Phi) is 9.40. The molecule has 256 valence electrons. The van der Waals surface area contributed by atoms with E-state index in [-0.39, 0.29) is 29.5 Å². The molecule has 1 fully saturated rings. The van der Waals surface area contributed by atoms with Gasteiger partial charge in [0, 0.05) is 47.7 Å². The van der Waals surface area contributed by atoms with E-state index in [1.807, 2.05) is 33.8 Å². The summed E-state index contributed by atoms with van der Waals surface area (Å²) in [7, 11) is -3.97. The summed E-state index contributed by atoms with van der Waals surface area (Å²) in [5.41, 5.74) is 2.58. The summed E-state index contributed by atoms with van der Waals surface area (Å²) in [6, 6.07) is 11.4. The topological polar surface area (TPSA) is 140 Å². The number of halogens is 1. The molecule has 0 bridgehead atoms. The molecule has 0 spiro atoms. The van der Waals surface area contributed by atoms with E-state index < -0.39 is 21.4 Å². The van der Waals surface area contributed by atoms with E-state index in [1.165, 1.54) is 22.9 Å². The Balaban J connectivity index is 1.31. The van der Waals surface area contributed by atoms with E-state index in [0.29, 0.717) is 46.8 Å². The number of rotatable bonds is 8. The van der Waals surface area contributed by atoms with Gasteiger partial charge in [-0.25, -0.2) is 41.8 Å². The monoisotopic (exact) mass is 705 g/mol. The number of ether oxygens (including phenoxy) is 2. The van der Waals surface area contributed by atoms with Gasteiger partial charge in [-0.15, -0.1) is 11.3 Å². The number of sulfonamides is 1. The lowest BCUT2D eigenvalue weighted by Gasteiger charge is -2.34. The van der Waals surface area contributed by atoms with Gasteiger partial charge in [-0.2, -0.15) is 0 Å². The molecule has 2 aromatic carbocycles. The fourth-order valence-electron chi connectivity index (χ4n) is 5.66. The van der Waals surface area contributed by atoms with E-state index >= 15 is 4.39 Å². The molecule has 1 saturated heterocycles. The first-order valence-corrected chi connectivity index (χ1v) is 18.4. The normalized spacial score (nSPS) is 15.2. The van der Waals surface area contributed by atoms with Crippen molar-refractivity contribution in [2.24, 2.45) is 0 Å². The molecular weight excluding hydrogens is 670 g/mol. The summed E-state index contributed by atoms with van der Waals surface area (Å²) in [6.45, 7) is 8.43. The number of aromatic nitrogens is 4. The van der Waals surface area contributed by atoms with Gasteiger partial charge in [0.05, 0.1) is 23.0 Å². The lowest BCUT2D eigenvalue weighted by atomic mass is 10.0. The highest BCUT2D eigenvalue weighted by molar-refractivity contribution is 7.92. The Hall–Kier alpha value is -4.89. The van der Waals surface area contributed by atoms with Crippen LogP contribution in [0, 0.1) is 12.7 Å². The van der Waals surface area contributed by atoms with E-state index in [4.69, 9.17) is 14.5 Å². The second-order valence-electron chi connectivity index (χ2n) is 12.7. The number of nitrogens with zero attached hydrogens (tertiary/aromatic N) is 6. The van der Waals surface area contributed by atoms with E-state index in [1.54, 1.807) is 53.0 Å². The predicted octanol–water partition coefficient (Wildman–Crippen LogP) is 7.30. The van der Waals surface area contributed by atoms with Gasteiger partial charge < -0.3 is 19.7 Å². The average Bonchev–Trinajstić information content (AvgIpc) is 3.57. The number of hydrogen-bond acceptors (Lipinski definition) is 11. The molecule has 0 radical (unpaired) electrons. The molecule has 15 heteroatoms. The number of benzene rings is 2. The van der Waals surface area contributed by atoms with Crippen molar-refractivity contribution in [3.8, 4) is 22.9 Å². The standard InChI is InChI=1S/C34H36FN7O5S2/c1-21-10-11-23-24(12-13-26(35)29(23)42(49(5,44)45)28-19-48-20-38-28)30(21)46-31-25(9-6-15-36-31)27-14-16-37-32(40-27)39-22-8-7-17-41(18-22)33(43)47-34(2,3)4/h6,9-16,19-20,22H,7-8,17-18H2,1-5H3,(H,37,39,40). The van der Waals surface area contributed by atoms with Gasteiger partial charge in [0.25, 0.3) is 0 Å². The molecule has 1 N–H and O–H groups in total. The summed E-state index contributed by atoms with van der Waals surface area (Å²) in [5.74, 6) is 0.359. The molecule has 12 nitrogen and oxygen atoms in total. The van der Waals surface area contributed by atoms with E-state index in [0.717, 1.165) is 29.0 Å². The number of fused-ring (bicyclic) bond motifs is 1. The van der Waals surface area contributed by atoms with Crippen molar-refractivity contribution >= 4 is 55.7 Å². The zero-order valence-corrected chi connectivity index (χ0v) is 29.3. The van der Waals surface area contributed by atoms with Crippen LogP contribution in [0.1, 0.15) is 39.2 Å². The maximum atomic E-state index is 15.5. The molecule has 5 aromatic rings. The van der Waals surface area contributed by atoms with Crippen LogP contribution in [-0.4, -0.2) is 70.3 Å². The van der Waals surface area contributed by atoms with Crippen LogP contribution in [0.15, 0.2) is 65.7 Å². The van der Waals surface area contributed by atoms with Crippen LogP contribution in [0.3, 0.4) is 0 Å². The van der Waals surface area contributed by atoms with Crippen molar-refractivity contribution in [3.05, 3.63) is 77.1 Å². The van der Waals surface area contributed by atoms with Crippen LogP contribution in [0.5, 0.6) is 11.6 Å². The molecule has 1 amide bonds. The van der Waals surface area contributed by atoms with Crippen molar-refractivity contribution in [1.82, 2.24) is 24.8 Å². The Morgan fingerprint density at radius 1 is 1.08 bits per heavy atom. The number of pyridine rings is 1. The fraction of sp³-hybridized carbons (Fsp3) is 0.324. The molecule has 4 heterocycles. The summed E-state index contributed by atoms with van der Waals surface area (Å²) < 4.78 is 54.4. The van der Waals surface area contributed by atoms with E-state index in [2.05, 4.69) is 20.3 Å². The Labute approximate surface area is 288 Å². The number of anilines is 3. The van der Waals surface area contributed by atoms with Crippen LogP contribution in [0.2, 0.25) is 0 Å². The van der Waals surface area contributed by atoms with Crippen molar-refractivity contribution in [3.63, 3.8) is 0 Å². The molecule has 6 rings (SSSR count). The van der Waals surface area contributed by atoms with Gasteiger partial charge >= 0.3 is 6.09 Å². The first kappa shape index (κ1) is 34.0. The minimum Gasteiger partial charge on any atom is -0.444 e. The minimum absolute atomic E-state index is 0.0788. The van der Waals surface area contributed by atoms with Gasteiger partial charge in [-0.1, -0.05) is 12.1 Å². The molecule has 1 unspecified atom stereocenters. The van der Waals surface area contributed by atoms with Gasteiger partial charge in [-0.05, 0) is 76.4 Å². The summed E-state index contributed by atoms with van der Waals surface area (Å²) in [4.78, 5) is 32.2.